The average Bonchev–Trinajstić information content (AvgIpc) is 2.75. The molecule has 1 aromatic heterocycles. The standard InChI is InChI=1S/C12H13ClFN3/c1-2-12-8(6-15)7-16-17(12)9-3-4-10(13)11(14)5-9/h3-5,7H,2,6,15H2,1H3. The number of hydrogen-bond donors (Lipinski definition) is 1. The van der Waals surface area contributed by atoms with E-state index in [1.54, 1.807) is 16.9 Å². The van der Waals surface area contributed by atoms with Crippen LogP contribution in [0.3, 0.4) is 0 Å². The second-order valence-corrected chi connectivity index (χ2v) is 4.09. The van der Waals surface area contributed by atoms with Crippen molar-refractivity contribution in [1.29, 1.82) is 0 Å². The highest BCUT2D eigenvalue weighted by molar-refractivity contribution is 6.30. The maximum Gasteiger partial charge on any atom is 0.143 e. The molecule has 0 bridgehead atoms. The third-order valence-corrected chi connectivity index (χ3v) is 2.96. The van der Waals surface area contributed by atoms with Crippen LogP contribution in [0.1, 0.15) is 18.2 Å². The fourth-order valence-corrected chi connectivity index (χ4v) is 1.91. The summed E-state index contributed by atoms with van der Waals surface area (Å²) in [6, 6.07) is 4.63. The summed E-state index contributed by atoms with van der Waals surface area (Å²) in [5.74, 6) is -0.448. The van der Waals surface area contributed by atoms with E-state index in [1.807, 2.05) is 6.92 Å². The first-order chi connectivity index (χ1) is 8.17. The maximum atomic E-state index is 13.4. The Morgan fingerprint density at radius 2 is 2.24 bits per heavy atom. The van der Waals surface area contributed by atoms with Gasteiger partial charge in [-0.05, 0) is 18.6 Å². The van der Waals surface area contributed by atoms with E-state index in [4.69, 9.17) is 17.3 Å². The monoisotopic (exact) mass is 253 g/mol. The predicted molar refractivity (Wildman–Crippen MR) is 65.8 cm³/mol. The topological polar surface area (TPSA) is 43.8 Å². The number of nitrogens with two attached hydrogens (primary N) is 1. The Hall–Kier alpha value is -1.39. The normalized spacial score (nSPS) is 10.8. The summed E-state index contributed by atoms with van der Waals surface area (Å²) in [6.07, 6.45) is 2.50. The molecule has 90 valence electrons. The zero-order valence-electron chi connectivity index (χ0n) is 9.45. The Bertz CT molecular complexity index is 537. The molecule has 1 aromatic carbocycles. The Kier molecular flexibility index (Phi) is 3.45. The number of halogens is 2. The largest absolute Gasteiger partial charge is 0.326 e. The van der Waals surface area contributed by atoms with Crippen LogP contribution in [0.15, 0.2) is 24.4 Å². The van der Waals surface area contributed by atoms with Crippen molar-refractivity contribution >= 4 is 11.6 Å². The van der Waals surface area contributed by atoms with Gasteiger partial charge < -0.3 is 5.73 Å². The number of aromatic nitrogens is 2. The van der Waals surface area contributed by atoms with E-state index in [2.05, 4.69) is 5.10 Å². The minimum Gasteiger partial charge on any atom is -0.326 e. The Morgan fingerprint density at radius 3 is 2.82 bits per heavy atom. The lowest BCUT2D eigenvalue weighted by Gasteiger charge is -2.07. The highest BCUT2D eigenvalue weighted by atomic mass is 35.5. The van der Waals surface area contributed by atoms with Crippen LogP contribution < -0.4 is 5.73 Å². The summed E-state index contributed by atoms with van der Waals surface area (Å²) in [7, 11) is 0. The fourth-order valence-electron chi connectivity index (χ4n) is 1.79. The Balaban J connectivity index is 2.52. The molecule has 2 rings (SSSR count). The van der Waals surface area contributed by atoms with Crippen molar-refractivity contribution in [2.24, 2.45) is 5.73 Å². The molecule has 0 unspecified atom stereocenters. The minimum absolute atomic E-state index is 0.109. The Labute approximate surface area is 104 Å². The third kappa shape index (κ3) is 2.18. The van der Waals surface area contributed by atoms with Crippen LogP contribution in [-0.2, 0) is 13.0 Å². The van der Waals surface area contributed by atoms with Crippen molar-refractivity contribution in [3.63, 3.8) is 0 Å². The van der Waals surface area contributed by atoms with Gasteiger partial charge in [-0.3, -0.25) is 0 Å². The lowest BCUT2D eigenvalue weighted by Crippen LogP contribution is -2.05. The van der Waals surface area contributed by atoms with Gasteiger partial charge in [-0.25, -0.2) is 9.07 Å². The minimum atomic E-state index is -0.448. The van der Waals surface area contributed by atoms with Crippen molar-refractivity contribution in [3.8, 4) is 5.69 Å². The summed E-state index contributed by atoms with van der Waals surface area (Å²) < 4.78 is 15.1. The van der Waals surface area contributed by atoms with Gasteiger partial charge in [-0.2, -0.15) is 5.10 Å². The molecular formula is C12H13ClFN3. The summed E-state index contributed by atoms with van der Waals surface area (Å²) in [6.45, 7) is 2.44. The van der Waals surface area contributed by atoms with Crippen molar-refractivity contribution in [1.82, 2.24) is 9.78 Å². The van der Waals surface area contributed by atoms with Gasteiger partial charge in [0.05, 0.1) is 16.9 Å². The number of benzene rings is 1. The highest BCUT2D eigenvalue weighted by Crippen LogP contribution is 2.20. The molecule has 0 aliphatic heterocycles. The van der Waals surface area contributed by atoms with Crippen molar-refractivity contribution in [2.45, 2.75) is 19.9 Å². The third-order valence-electron chi connectivity index (χ3n) is 2.66. The van der Waals surface area contributed by atoms with Gasteiger partial charge in [0.25, 0.3) is 0 Å². The summed E-state index contributed by atoms with van der Waals surface area (Å²) in [4.78, 5) is 0. The molecule has 0 amide bonds. The van der Waals surface area contributed by atoms with Crippen LogP contribution in [0.5, 0.6) is 0 Å². The van der Waals surface area contributed by atoms with Gasteiger partial charge in [-0.15, -0.1) is 0 Å². The molecule has 3 nitrogen and oxygen atoms in total. The summed E-state index contributed by atoms with van der Waals surface area (Å²) in [5.41, 5.74) is 8.25. The van der Waals surface area contributed by atoms with E-state index in [9.17, 15) is 4.39 Å². The van der Waals surface area contributed by atoms with Gasteiger partial charge in [0.2, 0.25) is 0 Å². The van der Waals surface area contributed by atoms with Crippen LogP contribution in [0.4, 0.5) is 4.39 Å². The first-order valence-electron chi connectivity index (χ1n) is 5.38. The predicted octanol–water partition coefficient (Wildman–Crippen LogP) is 2.69. The van der Waals surface area contributed by atoms with Gasteiger partial charge in [0, 0.05) is 23.9 Å². The molecule has 0 aliphatic rings. The van der Waals surface area contributed by atoms with Crippen LogP contribution in [0, 0.1) is 5.82 Å². The van der Waals surface area contributed by atoms with Gasteiger partial charge in [0.15, 0.2) is 0 Å². The molecule has 0 radical (unpaired) electrons. The molecule has 0 saturated carbocycles. The molecule has 1 heterocycles. The molecule has 0 aliphatic carbocycles. The quantitative estimate of drug-likeness (QED) is 0.914. The van der Waals surface area contributed by atoms with Gasteiger partial charge in [-0.1, -0.05) is 18.5 Å². The van der Waals surface area contributed by atoms with E-state index < -0.39 is 5.82 Å². The smallest absolute Gasteiger partial charge is 0.143 e. The number of nitrogens with zero attached hydrogens (tertiary/aromatic N) is 2. The fraction of sp³-hybridized carbons (Fsp3) is 0.250. The molecule has 17 heavy (non-hydrogen) atoms. The second kappa shape index (κ2) is 4.85. The zero-order chi connectivity index (χ0) is 12.4. The van der Waals surface area contributed by atoms with Crippen LogP contribution in [0.2, 0.25) is 5.02 Å². The van der Waals surface area contributed by atoms with Crippen molar-refractivity contribution in [3.05, 3.63) is 46.5 Å². The lowest BCUT2D eigenvalue weighted by molar-refractivity contribution is 0.625. The molecule has 0 spiro atoms. The molecule has 0 saturated heterocycles. The highest BCUT2D eigenvalue weighted by Gasteiger charge is 2.10. The van der Waals surface area contributed by atoms with E-state index >= 15 is 0 Å². The summed E-state index contributed by atoms with van der Waals surface area (Å²) >= 11 is 5.65. The average molecular weight is 254 g/mol. The molecule has 0 atom stereocenters. The molecule has 2 N–H and O–H groups in total. The zero-order valence-corrected chi connectivity index (χ0v) is 10.2. The van der Waals surface area contributed by atoms with Crippen LogP contribution in [-0.4, -0.2) is 9.78 Å². The van der Waals surface area contributed by atoms with E-state index in [0.717, 1.165) is 17.7 Å². The first-order valence-corrected chi connectivity index (χ1v) is 5.76. The van der Waals surface area contributed by atoms with E-state index in [0.29, 0.717) is 12.2 Å². The molecule has 2 aromatic rings. The molecular weight excluding hydrogens is 241 g/mol. The van der Waals surface area contributed by atoms with Gasteiger partial charge >= 0.3 is 0 Å². The first kappa shape index (κ1) is 12.1. The second-order valence-electron chi connectivity index (χ2n) is 3.68. The van der Waals surface area contributed by atoms with Crippen LogP contribution >= 0.6 is 11.6 Å². The lowest BCUT2D eigenvalue weighted by atomic mass is 10.2. The number of hydrogen-bond acceptors (Lipinski definition) is 2. The number of rotatable bonds is 3. The van der Waals surface area contributed by atoms with E-state index in [-0.39, 0.29) is 5.02 Å². The van der Waals surface area contributed by atoms with Crippen molar-refractivity contribution < 1.29 is 4.39 Å². The SMILES string of the molecule is CCc1c(CN)cnn1-c1ccc(Cl)c(F)c1. The van der Waals surface area contributed by atoms with Crippen LogP contribution in [0.25, 0.3) is 5.69 Å². The maximum absolute atomic E-state index is 13.4. The summed E-state index contributed by atoms with van der Waals surface area (Å²) in [5, 5.41) is 4.34. The molecule has 0 fully saturated rings. The van der Waals surface area contributed by atoms with E-state index in [1.165, 1.54) is 12.1 Å². The van der Waals surface area contributed by atoms with Gasteiger partial charge in [0.1, 0.15) is 5.82 Å². The molecule has 5 heteroatoms. The van der Waals surface area contributed by atoms with Crippen molar-refractivity contribution in [2.75, 3.05) is 0 Å². The Morgan fingerprint density at radius 1 is 1.47 bits per heavy atom.